The fourth-order valence-electron chi connectivity index (χ4n) is 2.42. The third-order valence-electron chi connectivity index (χ3n) is 3.39. The molecule has 2 unspecified atom stereocenters. The lowest BCUT2D eigenvalue weighted by Gasteiger charge is -2.28. The Morgan fingerprint density at radius 2 is 1.84 bits per heavy atom. The normalized spacial score (nSPS) is 14.3. The summed E-state index contributed by atoms with van der Waals surface area (Å²) in [7, 11) is 7.49. The third-order valence-corrected chi connectivity index (χ3v) is 3.39. The van der Waals surface area contributed by atoms with Crippen LogP contribution in [0.15, 0.2) is 12.1 Å². The zero-order valence-corrected chi connectivity index (χ0v) is 12.9. The van der Waals surface area contributed by atoms with Gasteiger partial charge in [-0.3, -0.25) is 0 Å². The van der Waals surface area contributed by atoms with E-state index in [4.69, 9.17) is 15.2 Å². The van der Waals surface area contributed by atoms with Crippen molar-refractivity contribution in [3.63, 3.8) is 0 Å². The molecule has 0 saturated heterocycles. The van der Waals surface area contributed by atoms with Crippen LogP contribution in [0, 0.1) is 6.92 Å². The summed E-state index contributed by atoms with van der Waals surface area (Å²) in [4.78, 5) is 2.17. The lowest BCUT2D eigenvalue weighted by atomic mass is 9.96. The molecule has 0 amide bonds. The average Bonchev–Trinajstić information content (AvgIpc) is 2.35. The van der Waals surface area contributed by atoms with Crippen molar-refractivity contribution in [2.45, 2.75) is 32.4 Å². The first kappa shape index (κ1) is 15.8. The van der Waals surface area contributed by atoms with Gasteiger partial charge in [-0.15, -0.1) is 0 Å². The highest BCUT2D eigenvalue weighted by molar-refractivity contribution is 5.50. The van der Waals surface area contributed by atoms with Gasteiger partial charge in [0.25, 0.3) is 0 Å². The van der Waals surface area contributed by atoms with Crippen molar-refractivity contribution in [3.05, 3.63) is 23.3 Å². The van der Waals surface area contributed by atoms with Crippen LogP contribution in [0.2, 0.25) is 0 Å². The molecule has 1 aromatic rings. The lowest BCUT2D eigenvalue weighted by Crippen LogP contribution is -2.28. The molecular weight excluding hydrogens is 240 g/mol. The summed E-state index contributed by atoms with van der Waals surface area (Å²) < 4.78 is 10.9. The van der Waals surface area contributed by atoms with Gasteiger partial charge in [0.05, 0.1) is 14.2 Å². The molecule has 0 aliphatic rings. The van der Waals surface area contributed by atoms with Crippen molar-refractivity contribution < 1.29 is 9.47 Å². The van der Waals surface area contributed by atoms with E-state index in [-0.39, 0.29) is 12.1 Å². The molecule has 0 heterocycles. The number of benzene rings is 1. The Morgan fingerprint density at radius 3 is 2.26 bits per heavy atom. The molecule has 108 valence electrons. The number of nitrogens with two attached hydrogens (primary N) is 1. The average molecular weight is 266 g/mol. The Balaban J connectivity index is 3.26. The Hall–Kier alpha value is -1.26. The molecule has 1 aromatic carbocycles. The van der Waals surface area contributed by atoms with Gasteiger partial charge in [-0.1, -0.05) is 6.07 Å². The van der Waals surface area contributed by atoms with Gasteiger partial charge in [0.1, 0.15) is 11.5 Å². The second-order valence-corrected chi connectivity index (χ2v) is 5.21. The van der Waals surface area contributed by atoms with Crippen molar-refractivity contribution in [1.29, 1.82) is 0 Å². The minimum Gasteiger partial charge on any atom is -0.496 e. The van der Waals surface area contributed by atoms with E-state index in [1.165, 1.54) is 0 Å². The maximum atomic E-state index is 5.96. The van der Waals surface area contributed by atoms with Gasteiger partial charge in [-0.05, 0) is 40.4 Å². The Labute approximate surface area is 116 Å². The maximum absolute atomic E-state index is 5.96. The van der Waals surface area contributed by atoms with Crippen LogP contribution in [0.25, 0.3) is 0 Å². The fourth-order valence-corrected chi connectivity index (χ4v) is 2.42. The fraction of sp³-hybridized carbons (Fsp3) is 0.600. The molecule has 0 radical (unpaired) electrons. The molecule has 2 N–H and O–H groups in total. The molecule has 0 bridgehead atoms. The molecule has 4 heteroatoms. The summed E-state index contributed by atoms with van der Waals surface area (Å²) in [6.07, 6.45) is 0.884. The van der Waals surface area contributed by atoms with Crippen LogP contribution in [-0.2, 0) is 0 Å². The van der Waals surface area contributed by atoms with E-state index in [1.807, 2.05) is 19.9 Å². The summed E-state index contributed by atoms with van der Waals surface area (Å²) in [5.74, 6) is 1.73. The van der Waals surface area contributed by atoms with Gasteiger partial charge in [-0.25, -0.2) is 0 Å². The summed E-state index contributed by atoms with van der Waals surface area (Å²) in [6, 6.07) is 4.43. The van der Waals surface area contributed by atoms with Crippen LogP contribution in [0.4, 0.5) is 0 Å². The van der Waals surface area contributed by atoms with Gasteiger partial charge in [0.2, 0.25) is 0 Å². The predicted octanol–water partition coefficient (Wildman–Crippen LogP) is 2.35. The highest BCUT2D eigenvalue weighted by Gasteiger charge is 2.22. The van der Waals surface area contributed by atoms with Crippen LogP contribution in [0.1, 0.15) is 30.5 Å². The standard InChI is InChI=1S/C15H26N2O2/c1-10(16)9-13(17(3)4)12-7-8-14(18-5)11(2)15(12)19-6/h7-8,10,13H,9,16H2,1-6H3. The quantitative estimate of drug-likeness (QED) is 0.858. The van der Waals surface area contributed by atoms with Crippen LogP contribution in [0.3, 0.4) is 0 Å². The summed E-state index contributed by atoms with van der Waals surface area (Å²) >= 11 is 0. The van der Waals surface area contributed by atoms with E-state index >= 15 is 0 Å². The molecular formula is C15H26N2O2. The number of hydrogen-bond acceptors (Lipinski definition) is 4. The van der Waals surface area contributed by atoms with E-state index in [9.17, 15) is 0 Å². The summed E-state index contributed by atoms with van der Waals surface area (Å²) in [6.45, 7) is 4.04. The number of hydrogen-bond donors (Lipinski definition) is 1. The number of rotatable bonds is 6. The largest absolute Gasteiger partial charge is 0.496 e. The summed E-state index contributed by atoms with van der Waals surface area (Å²) in [5, 5.41) is 0. The Morgan fingerprint density at radius 1 is 1.21 bits per heavy atom. The molecule has 0 aliphatic carbocycles. The number of ether oxygens (including phenoxy) is 2. The first-order valence-electron chi connectivity index (χ1n) is 6.55. The Kier molecular flexibility index (Phi) is 5.63. The van der Waals surface area contributed by atoms with E-state index in [1.54, 1.807) is 14.2 Å². The predicted molar refractivity (Wildman–Crippen MR) is 79.0 cm³/mol. The number of methoxy groups -OCH3 is 2. The van der Waals surface area contributed by atoms with E-state index in [0.29, 0.717) is 0 Å². The topological polar surface area (TPSA) is 47.7 Å². The first-order chi connectivity index (χ1) is 8.92. The summed E-state index contributed by atoms with van der Waals surface area (Å²) in [5.41, 5.74) is 8.14. The van der Waals surface area contributed by atoms with Crippen molar-refractivity contribution >= 4 is 0 Å². The molecule has 2 atom stereocenters. The van der Waals surface area contributed by atoms with Crippen molar-refractivity contribution in [3.8, 4) is 11.5 Å². The molecule has 0 saturated carbocycles. The molecule has 0 aliphatic heterocycles. The minimum atomic E-state index is 0.138. The van der Waals surface area contributed by atoms with Crippen LogP contribution in [0.5, 0.6) is 11.5 Å². The maximum Gasteiger partial charge on any atom is 0.130 e. The zero-order chi connectivity index (χ0) is 14.6. The third kappa shape index (κ3) is 3.61. The van der Waals surface area contributed by atoms with Gasteiger partial charge in [0, 0.05) is 23.2 Å². The smallest absolute Gasteiger partial charge is 0.130 e. The van der Waals surface area contributed by atoms with Crippen molar-refractivity contribution in [1.82, 2.24) is 4.90 Å². The molecule has 0 fully saturated rings. The molecule has 0 spiro atoms. The molecule has 0 aromatic heterocycles. The van der Waals surface area contributed by atoms with E-state index in [2.05, 4.69) is 25.1 Å². The van der Waals surface area contributed by atoms with Crippen LogP contribution in [-0.4, -0.2) is 39.3 Å². The molecule has 19 heavy (non-hydrogen) atoms. The van der Waals surface area contributed by atoms with Gasteiger partial charge < -0.3 is 20.1 Å². The molecule has 4 nitrogen and oxygen atoms in total. The van der Waals surface area contributed by atoms with Crippen LogP contribution < -0.4 is 15.2 Å². The second-order valence-electron chi connectivity index (χ2n) is 5.21. The van der Waals surface area contributed by atoms with E-state index in [0.717, 1.165) is 29.0 Å². The van der Waals surface area contributed by atoms with Gasteiger partial charge in [-0.2, -0.15) is 0 Å². The van der Waals surface area contributed by atoms with Crippen molar-refractivity contribution in [2.75, 3.05) is 28.3 Å². The van der Waals surface area contributed by atoms with Gasteiger partial charge >= 0.3 is 0 Å². The SMILES string of the molecule is COc1ccc(C(CC(C)N)N(C)C)c(OC)c1C. The number of nitrogens with zero attached hydrogens (tertiary/aromatic N) is 1. The van der Waals surface area contributed by atoms with Crippen molar-refractivity contribution in [2.24, 2.45) is 5.73 Å². The minimum absolute atomic E-state index is 0.138. The molecule has 1 rings (SSSR count). The first-order valence-corrected chi connectivity index (χ1v) is 6.55. The monoisotopic (exact) mass is 266 g/mol. The lowest BCUT2D eigenvalue weighted by molar-refractivity contribution is 0.263. The highest BCUT2D eigenvalue weighted by atomic mass is 16.5. The second kappa shape index (κ2) is 6.78. The zero-order valence-electron chi connectivity index (χ0n) is 12.9. The Bertz CT molecular complexity index is 417. The van der Waals surface area contributed by atoms with Crippen LogP contribution >= 0.6 is 0 Å². The van der Waals surface area contributed by atoms with E-state index < -0.39 is 0 Å². The van der Waals surface area contributed by atoms with Gasteiger partial charge in [0.15, 0.2) is 0 Å². The highest BCUT2D eigenvalue weighted by Crippen LogP contribution is 2.37.